The van der Waals surface area contributed by atoms with Gasteiger partial charge < -0.3 is 20.4 Å². The number of carboxylic acids is 4. The Bertz CT molecular complexity index is 1170. The number of hydrogen-bond acceptors (Lipinski definition) is 6. The molecule has 1 fully saturated rings. The third kappa shape index (κ3) is 14.1. The fourth-order valence-corrected chi connectivity index (χ4v) is 4.76. The van der Waals surface area contributed by atoms with Crippen LogP contribution in [0.25, 0.3) is 0 Å². The summed E-state index contributed by atoms with van der Waals surface area (Å²) in [4.78, 5) is 43.5. The number of carboxylic acid groups (broad SMARTS) is 4. The molecule has 2 aromatic rings. The molecule has 10 nitrogen and oxygen atoms in total. The second-order valence-electron chi connectivity index (χ2n) is 9.98. The summed E-state index contributed by atoms with van der Waals surface area (Å²) in [5.74, 6) is -4.15. The van der Waals surface area contributed by atoms with E-state index in [1.54, 1.807) is 11.1 Å². The molecule has 1 saturated heterocycles. The van der Waals surface area contributed by atoms with E-state index in [1.165, 1.54) is 56.6 Å². The Morgan fingerprint density at radius 1 is 0.732 bits per heavy atom. The Balaban J connectivity index is 0.000000304. The summed E-state index contributed by atoms with van der Waals surface area (Å²) in [6.07, 6.45) is 6.16. The van der Waals surface area contributed by atoms with Gasteiger partial charge in [-0.2, -0.15) is 0 Å². The fraction of sp³-hybridized carbons (Fsp3) is 0.355. The van der Waals surface area contributed by atoms with Crippen LogP contribution in [0.2, 0.25) is 0 Å². The summed E-state index contributed by atoms with van der Waals surface area (Å²) in [6.45, 7) is 9.48. The molecule has 41 heavy (non-hydrogen) atoms. The van der Waals surface area contributed by atoms with E-state index in [4.69, 9.17) is 20.4 Å². The zero-order chi connectivity index (χ0) is 30.2. The molecule has 2 heterocycles. The molecule has 0 amide bonds. The van der Waals surface area contributed by atoms with Gasteiger partial charge in [0.2, 0.25) is 0 Å². The van der Waals surface area contributed by atoms with E-state index >= 15 is 0 Å². The normalized spacial score (nSPS) is 15.7. The molecule has 0 unspecified atom stereocenters. The molecular formula is C31H38N2O8. The molecule has 220 valence electrons. The lowest BCUT2D eigenvalue weighted by molar-refractivity contribution is -0.134. The summed E-state index contributed by atoms with van der Waals surface area (Å²) >= 11 is 0. The lowest BCUT2D eigenvalue weighted by Gasteiger charge is -2.36. The fourth-order valence-electron chi connectivity index (χ4n) is 4.76. The average Bonchev–Trinajstić information content (AvgIpc) is 2.92. The number of carbonyl (C=O) groups is 4. The SMILES string of the molecule is Cc1cccc(CN2CCC(CN3CCc4ccccc4C3)CC2)c1.O=C(O)/C=C/C(=O)O.O=C(O)/C=C/C(=O)O. The van der Waals surface area contributed by atoms with E-state index in [9.17, 15) is 19.2 Å². The van der Waals surface area contributed by atoms with Crippen molar-refractivity contribution in [2.45, 2.75) is 39.3 Å². The van der Waals surface area contributed by atoms with Crippen LogP contribution < -0.4 is 0 Å². The van der Waals surface area contributed by atoms with Crippen molar-refractivity contribution in [3.8, 4) is 0 Å². The summed E-state index contributed by atoms with van der Waals surface area (Å²) < 4.78 is 0. The van der Waals surface area contributed by atoms with Gasteiger partial charge in [0.1, 0.15) is 0 Å². The van der Waals surface area contributed by atoms with E-state index in [0.717, 1.165) is 19.0 Å². The predicted molar refractivity (Wildman–Crippen MR) is 153 cm³/mol. The molecule has 0 bridgehead atoms. The maximum absolute atomic E-state index is 9.55. The highest BCUT2D eigenvalue weighted by Crippen LogP contribution is 2.24. The number of hydrogen-bond donors (Lipinski definition) is 4. The molecule has 0 spiro atoms. The van der Waals surface area contributed by atoms with Crippen molar-refractivity contribution in [1.29, 1.82) is 0 Å². The van der Waals surface area contributed by atoms with Crippen LogP contribution in [0.15, 0.2) is 72.8 Å². The summed E-state index contributed by atoms with van der Waals surface area (Å²) in [7, 11) is 0. The standard InChI is InChI=1S/C23H30N2.2C4H4O4/c1-19-5-4-6-21(15-19)17-24-12-9-20(10-13-24)16-25-14-11-22-7-2-3-8-23(22)18-25;2*5-3(6)1-2-4(7)8/h2-8,15,20H,9-14,16-18H2,1H3;2*1-2H,(H,5,6)(H,7,8)/b;2*2-1+. The van der Waals surface area contributed by atoms with E-state index in [1.807, 2.05) is 0 Å². The Hall–Kier alpha value is -4.28. The number of benzene rings is 2. The van der Waals surface area contributed by atoms with Gasteiger partial charge in [-0.3, -0.25) is 9.80 Å². The average molecular weight is 567 g/mol. The van der Waals surface area contributed by atoms with Gasteiger partial charge in [-0.05, 0) is 61.9 Å². The van der Waals surface area contributed by atoms with Crippen LogP contribution in [0.4, 0.5) is 0 Å². The minimum atomic E-state index is -1.26. The third-order valence-electron chi connectivity index (χ3n) is 6.66. The summed E-state index contributed by atoms with van der Waals surface area (Å²) in [5.41, 5.74) is 5.95. The first-order valence-corrected chi connectivity index (χ1v) is 13.4. The number of aryl methyl sites for hydroxylation is 1. The second-order valence-corrected chi connectivity index (χ2v) is 9.98. The topological polar surface area (TPSA) is 156 Å². The van der Waals surface area contributed by atoms with Crippen molar-refractivity contribution >= 4 is 23.9 Å². The molecule has 4 rings (SSSR count). The summed E-state index contributed by atoms with van der Waals surface area (Å²) in [5, 5.41) is 31.2. The van der Waals surface area contributed by atoms with Gasteiger partial charge in [0.25, 0.3) is 0 Å². The minimum Gasteiger partial charge on any atom is -0.478 e. The zero-order valence-corrected chi connectivity index (χ0v) is 23.2. The summed E-state index contributed by atoms with van der Waals surface area (Å²) in [6, 6.07) is 18.0. The smallest absolute Gasteiger partial charge is 0.328 e. The van der Waals surface area contributed by atoms with Gasteiger partial charge in [0.05, 0.1) is 0 Å². The number of nitrogens with zero attached hydrogens (tertiary/aromatic N) is 2. The molecule has 10 heteroatoms. The highest BCUT2D eigenvalue weighted by molar-refractivity contribution is 5.90. The van der Waals surface area contributed by atoms with Gasteiger partial charge in [-0.15, -0.1) is 0 Å². The molecule has 0 aromatic heterocycles. The highest BCUT2D eigenvalue weighted by atomic mass is 16.4. The van der Waals surface area contributed by atoms with Crippen molar-refractivity contribution in [1.82, 2.24) is 9.80 Å². The molecular weight excluding hydrogens is 528 g/mol. The molecule has 2 aromatic carbocycles. The van der Waals surface area contributed by atoms with Crippen molar-refractivity contribution in [2.75, 3.05) is 26.2 Å². The first-order valence-electron chi connectivity index (χ1n) is 13.4. The number of likely N-dealkylation sites (tertiary alicyclic amines) is 1. The van der Waals surface area contributed by atoms with E-state index in [2.05, 4.69) is 65.3 Å². The lowest BCUT2D eigenvalue weighted by Crippen LogP contribution is -2.40. The van der Waals surface area contributed by atoms with Gasteiger partial charge in [0, 0.05) is 50.5 Å². The Morgan fingerprint density at radius 2 is 1.27 bits per heavy atom. The van der Waals surface area contributed by atoms with Crippen molar-refractivity contribution in [3.63, 3.8) is 0 Å². The number of rotatable bonds is 8. The van der Waals surface area contributed by atoms with Crippen molar-refractivity contribution in [3.05, 3.63) is 95.1 Å². The molecule has 0 radical (unpaired) electrons. The number of fused-ring (bicyclic) bond motifs is 1. The maximum atomic E-state index is 9.55. The largest absolute Gasteiger partial charge is 0.478 e. The van der Waals surface area contributed by atoms with Crippen LogP contribution in [0.1, 0.15) is 35.1 Å². The zero-order valence-electron chi connectivity index (χ0n) is 23.2. The van der Waals surface area contributed by atoms with Gasteiger partial charge in [0.15, 0.2) is 0 Å². The van der Waals surface area contributed by atoms with Crippen LogP contribution >= 0.6 is 0 Å². The van der Waals surface area contributed by atoms with Crippen LogP contribution in [-0.4, -0.2) is 80.3 Å². The molecule has 4 N–H and O–H groups in total. The first kappa shape index (κ1) is 32.9. The quantitative estimate of drug-likeness (QED) is 0.348. The van der Waals surface area contributed by atoms with Gasteiger partial charge in [-0.1, -0.05) is 54.1 Å². The number of aliphatic carboxylic acids is 4. The Morgan fingerprint density at radius 3 is 1.78 bits per heavy atom. The van der Waals surface area contributed by atoms with E-state index in [0.29, 0.717) is 24.3 Å². The van der Waals surface area contributed by atoms with Crippen molar-refractivity contribution < 1.29 is 39.6 Å². The molecule has 0 atom stereocenters. The Kier molecular flexibility index (Phi) is 14.0. The van der Waals surface area contributed by atoms with Crippen molar-refractivity contribution in [2.24, 2.45) is 5.92 Å². The maximum Gasteiger partial charge on any atom is 0.328 e. The molecule has 0 saturated carbocycles. The van der Waals surface area contributed by atoms with Crippen LogP contribution in [-0.2, 0) is 38.7 Å². The number of piperidine rings is 1. The predicted octanol–water partition coefficient (Wildman–Crippen LogP) is 3.69. The Labute approximate surface area is 239 Å². The van der Waals surface area contributed by atoms with E-state index in [-0.39, 0.29) is 0 Å². The van der Waals surface area contributed by atoms with Gasteiger partial charge >= 0.3 is 23.9 Å². The first-order chi connectivity index (χ1) is 19.5. The van der Waals surface area contributed by atoms with E-state index < -0.39 is 23.9 Å². The van der Waals surface area contributed by atoms with Crippen LogP contribution in [0, 0.1) is 12.8 Å². The second kappa shape index (κ2) is 17.4. The highest BCUT2D eigenvalue weighted by Gasteiger charge is 2.23. The minimum absolute atomic E-state index is 0.558. The lowest BCUT2D eigenvalue weighted by atomic mass is 9.93. The molecule has 2 aliphatic heterocycles. The third-order valence-corrected chi connectivity index (χ3v) is 6.66. The van der Waals surface area contributed by atoms with Crippen LogP contribution in [0.5, 0.6) is 0 Å². The molecule has 0 aliphatic carbocycles. The van der Waals surface area contributed by atoms with Crippen LogP contribution in [0.3, 0.4) is 0 Å². The molecule has 2 aliphatic rings. The monoisotopic (exact) mass is 566 g/mol. The van der Waals surface area contributed by atoms with Gasteiger partial charge in [-0.25, -0.2) is 19.2 Å².